The van der Waals surface area contributed by atoms with Gasteiger partial charge in [-0.15, -0.1) is 0 Å². The van der Waals surface area contributed by atoms with Crippen LogP contribution in [0.25, 0.3) is 16.8 Å². The Balaban J connectivity index is 1.64. The van der Waals surface area contributed by atoms with Crippen LogP contribution in [0.3, 0.4) is 0 Å². The number of hydrogen-bond donors (Lipinski definition) is 2. The molecule has 0 aliphatic rings. The summed E-state index contributed by atoms with van der Waals surface area (Å²) in [6, 6.07) is 10.8. The van der Waals surface area contributed by atoms with Crippen molar-refractivity contribution in [3.8, 4) is 5.69 Å². The fraction of sp³-hybridized carbons (Fsp3) is 0.105. The maximum Gasteiger partial charge on any atom is 0.417 e. The number of carbonyl (C=O) groups is 1. The van der Waals surface area contributed by atoms with Crippen molar-refractivity contribution in [1.29, 1.82) is 0 Å². The van der Waals surface area contributed by atoms with E-state index in [1.165, 1.54) is 18.3 Å². The van der Waals surface area contributed by atoms with Crippen LogP contribution in [0, 0.1) is 5.82 Å². The van der Waals surface area contributed by atoms with Gasteiger partial charge < -0.3 is 9.73 Å². The first-order valence-electron chi connectivity index (χ1n) is 8.32. The van der Waals surface area contributed by atoms with Crippen molar-refractivity contribution < 1.29 is 13.6 Å². The summed E-state index contributed by atoms with van der Waals surface area (Å²) in [7, 11) is 0. The number of rotatable bonds is 4. The number of hydrogen-bond acceptors (Lipinski definition) is 4. The average molecular weight is 366 g/mol. The van der Waals surface area contributed by atoms with E-state index >= 15 is 0 Å². The molecule has 2 aromatic carbocycles. The van der Waals surface area contributed by atoms with Crippen molar-refractivity contribution in [2.24, 2.45) is 0 Å². The number of aromatic nitrogens is 3. The van der Waals surface area contributed by atoms with Crippen LogP contribution in [0.15, 0.2) is 57.9 Å². The quantitative estimate of drug-likeness (QED) is 0.580. The minimum atomic E-state index is -0.553. The molecule has 0 atom stereocenters. The van der Waals surface area contributed by atoms with E-state index in [1.807, 2.05) is 6.92 Å². The van der Waals surface area contributed by atoms with Gasteiger partial charge in [0.25, 0.3) is 5.91 Å². The minimum absolute atomic E-state index is 0.328. The lowest BCUT2D eigenvalue weighted by atomic mass is 10.1. The molecule has 1 amide bonds. The molecule has 4 rings (SSSR count). The van der Waals surface area contributed by atoms with Crippen LogP contribution in [0.2, 0.25) is 0 Å². The Morgan fingerprint density at radius 2 is 2.04 bits per heavy atom. The Bertz CT molecular complexity index is 1190. The second-order valence-corrected chi connectivity index (χ2v) is 5.93. The number of H-pyrrole nitrogens is 1. The molecule has 0 radical (unpaired) electrons. The summed E-state index contributed by atoms with van der Waals surface area (Å²) >= 11 is 0. The Labute approximate surface area is 152 Å². The van der Waals surface area contributed by atoms with E-state index in [2.05, 4.69) is 15.4 Å². The number of aromatic amines is 1. The van der Waals surface area contributed by atoms with E-state index < -0.39 is 5.76 Å². The Morgan fingerprint density at radius 1 is 1.26 bits per heavy atom. The summed E-state index contributed by atoms with van der Waals surface area (Å²) < 4.78 is 19.7. The van der Waals surface area contributed by atoms with Gasteiger partial charge in [-0.3, -0.25) is 9.78 Å². The lowest BCUT2D eigenvalue weighted by Crippen LogP contribution is -2.14. The van der Waals surface area contributed by atoms with Crippen LogP contribution in [0.5, 0.6) is 0 Å². The van der Waals surface area contributed by atoms with Crippen LogP contribution >= 0.6 is 0 Å². The van der Waals surface area contributed by atoms with Gasteiger partial charge in [0.15, 0.2) is 5.58 Å². The highest BCUT2D eigenvalue weighted by Gasteiger charge is 2.17. The molecule has 7 nitrogen and oxygen atoms in total. The summed E-state index contributed by atoms with van der Waals surface area (Å²) in [4.78, 5) is 26.5. The van der Waals surface area contributed by atoms with Crippen molar-refractivity contribution in [3.05, 3.63) is 76.3 Å². The molecule has 0 aliphatic carbocycles. The highest BCUT2D eigenvalue weighted by Crippen LogP contribution is 2.20. The predicted octanol–water partition coefficient (Wildman–Crippen LogP) is 3.26. The van der Waals surface area contributed by atoms with Crippen molar-refractivity contribution in [3.63, 3.8) is 0 Å². The molecule has 8 heteroatoms. The highest BCUT2D eigenvalue weighted by molar-refractivity contribution is 6.05. The van der Waals surface area contributed by atoms with Crippen LogP contribution in [0.1, 0.15) is 23.0 Å². The van der Waals surface area contributed by atoms with Crippen LogP contribution in [-0.2, 0) is 6.42 Å². The zero-order valence-electron chi connectivity index (χ0n) is 14.3. The summed E-state index contributed by atoms with van der Waals surface area (Å²) in [6.45, 7) is 1.91. The number of amides is 1. The Morgan fingerprint density at radius 3 is 2.78 bits per heavy atom. The molecule has 0 saturated heterocycles. The molecule has 0 saturated carbocycles. The fourth-order valence-electron chi connectivity index (χ4n) is 2.94. The van der Waals surface area contributed by atoms with Gasteiger partial charge in [0.05, 0.1) is 28.7 Å². The maximum absolute atomic E-state index is 13.2. The molecule has 0 spiro atoms. The third kappa shape index (κ3) is 3.12. The van der Waals surface area contributed by atoms with Crippen molar-refractivity contribution in [2.75, 3.05) is 5.32 Å². The largest absolute Gasteiger partial charge is 0.417 e. The van der Waals surface area contributed by atoms with E-state index in [4.69, 9.17) is 4.42 Å². The average Bonchev–Trinajstić information content (AvgIpc) is 3.24. The number of carbonyl (C=O) groups excluding carboxylic acids is 1. The van der Waals surface area contributed by atoms with E-state index in [1.54, 1.807) is 35.0 Å². The molecule has 2 N–H and O–H groups in total. The molecule has 0 unspecified atom stereocenters. The molecule has 0 bridgehead atoms. The molecule has 4 aromatic rings. The minimum Gasteiger partial charge on any atom is -0.408 e. The second kappa shape index (κ2) is 6.56. The third-order valence-corrected chi connectivity index (χ3v) is 4.20. The van der Waals surface area contributed by atoms with Crippen LogP contribution in [0.4, 0.5) is 10.1 Å². The molecule has 136 valence electrons. The molecular weight excluding hydrogens is 351 g/mol. The molecular formula is C19H15FN4O3. The number of oxazole rings is 1. The lowest BCUT2D eigenvalue weighted by Gasteiger charge is -2.08. The Hall–Kier alpha value is -3.68. The van der Waals surface area contributed by atoms with Crippen molar-refractivity contribution >= 4 is 22.7 Å². The fourth-order valence-corrected chi connectivity index (χ4v) is 2.94. The first-order valence-corrected chi connectivity index (χ1v) is 8.32. The highest BCUT2D eigenvalue weighted by atomic mass is 19.1. The van der Waals surface area contributed by atoms with E-state index in [-0.39, 0.29) is 11.7 Å². The zero-order chi connectivity index (χ0) is 19.0. The molecule has 2 aromatic heterocycles. The number of halogens is 1. The molecule has 0 aliphatic heterocycles. The summed E-state index contributed by atoms with van der Waals surface area (Å²) in [5.41, 5.74) is 3.22. The molecule has 27 heavy (non-hydrogen) atoms. The van der Waals surface area contributed by atoms with Crippen LogP contribution < -0.4 is 11.1 Å². The van der Waals surface area contributed by atoms with E-state index in [0.29, 0.717) is 40.2 Å². The van der Waals surface area contributed by atoms with Crippen LogP contribution in [-0.4, -0.2) is 20.7 Å². The molecule has 2 heterocycles. The third-order valence-electron chi connectivity index (χ3n) is 4.20. The van der Waals surface area contributed by atoms with Gasteiger partial charge in [-0.25, -0.2) is 13.9 Å². The van der Waals surface area contributed by atoms with Gasteiger partial charge in [0, 0.05) is 5.69 Å². The zero-order valence-corrected chi connectivity index (χ0v) is 14.3. The number of nitrogens with one attached hydrogen (secondary N) is 2. The first-order chi connectivity index (χ1) is 13.0. The molecule has 0 fully saturated rings. The van der Waals surface area contributed by atoms with E-state index in [0.717, 1.165) is 0 Å². The van der Waals surface area contributed by atoms with Gasteiger partial charge in [-0.05, 0) is 48.9 Å². The summed E-state index contributed by atoms with van der Waals surface area (Å²) in [5.74, 6) is -1.22. The predicted molar refractivity (Wildman–Crippen MR) is 97.7 cm³/mol. The van der Waals surface area contributed by atoms with Gasteiger partial charge in [0.2, 0.25) is 0 Å². The number of benzene rings is 2. The van der Waals surface area contributed by atoms with Crippen molar-refractivity contribution in [1.82, 2.24) is 14.8 Å². The van der Waals surface area contributed by atoms with Gasteiger partial charge >= 0.3 is 5.76 Å². The van der Waals surface area contributed by atoms with Gasteiger partial charge in [0.1, 0.15) is 5.82 Å². The SMILES string of the molecule is CCc1c(C(=O)Nc2ccc3oc(=O)[nH]c3c2)cnn1-c1ccc(F)cc1. The maximum atomic E-state index is 13.2. The van der Waals surface area contributed by atoms with E-state index in [9.17, 15) is 14.0 Å². The lowest BCUT2D eigenvalue weighted by molar-refractivity contribution is 0.102. The standard InChI is InChI=1S/C19H15FN4O3/c1-2-16-14(10-21-24(16)13-6-3-11(20)4-7-13)18(25)22-12-5-8-17-15(9-12)23-19(26)27-17/h3-10H,2H2,1H3,(H,22,25)(H,23,26). The monoisotopic (exact) mass is 366 g/mol. The first kappa shape index (κ1) is 16.8. The normalized spacial score (nSPS) is 11.0. The number of fused-ring (bicyclic) bond motifs is 1. The number of nitrogens with zero attached hydrogens (tertiary/aromatic N) is 2. The summed E-state index contributed by atoms with van der Waals surface area (Å²) in [5, 5.41) is 7.07. The summed E-state index contributed by atoms with van der Waals surface area (Å²) in [6.07, 6.45) is 2.05. The Kier molecular flexibility index (Phi) is 4.08. The topological polar surface area (TPSA) is 92.9 Å². The number of anilines is 1. The smallest absolute Gasteiger partial charge is 0.408 e. The van der Waals surface area contributed by atoms with Gasteiger partial charge in [-0.1, -0.05) is 6.92 Å². The second-order valence-electron chi connectivity index (χ2n) is 5.93. The van der Waals surface area contributed by atoms with Gasteiger partial charge in [-0.2, -0.15) is 5.10 Å². The van der Waals surface area contributed by atoms with Crippen molar-refractivity contribution in [2.45, 2.75) is 13.3 Å².